The van der Waals surface area contributed by atoms with E-state index in [0.717, 1.165) is 72.1 Å². The minimum atomic E-state index is 0.269. The molecule has 2 aromatic rings. The number of piperidine rings is 1. The van der Waals surface area contributed by atoms with Crippen LogP contribution in [0.25, 0.3) is 17.0 Å². The number of aliphatic imine (C=N–C) groups is 1. The predicted molar refractivity (Wildman–Crippen MR) is 166 cm³/mol. The first-order valence-corrected chi connectivity index (χ1v) is 13.9. The average Bonchev–Trinajstić information content (AvgIpc) is 3.29. The summed E-state index contributed by atoms with van der Waals surface area (Å²) >= 11 is 6.30. The van der Waals surface area contributed by atoms with Crippen LogP contribution in [0.2, 0.25) is 5.02 Å². The van der Waals surface area contributed by atoms with Crippen molar-refractivity contribution in [1.82, 2.24) is 20.2 Å². The number of benzene rings is 1. The van der Waals surface area contributed by atoms with Crippen molar-refractivity contribution in [1.29, 1.82) is 0 Å². The number of allylic oxidation sites excluding steroid dienone is 6. The second kappa shape index (κ2) is 16.8. The summed E-state index contributed by atoms with van der Waals surface area (Å²) in [6, 6.07) is 6.14. The molecule has 1 aliphatic rings. The van der Waals surface area contributed by atoms with Crippen LogP contribution in [0.15, 0.2) is 65.7 Å². The van der Waals surface area contributed by atoms with Gasteiger partial charge in [0.1, 0.15) is 5.82 Å². The molecule has 0 saturated carbocycles. The van der Waals surface area contributed by atoms with E-state index in [1.165, 1.54) is 11.4 Å². The Balaban J connectivity index is 0.000000550. The molecule has 3 rings (SSSR count). The third kappa shape index (κ3) is 8.83. The molecule has 4 N–H and O–H groups in total. The fourth-order valence-electron chi connectivity index (χ4n) is 4.55. The third-order valence-electron chi connectivity index (χ3n) is 6.37. The topological polar surface area (TPSA) is 80.3 Å². The van der Waals surface area contributed by atoms with E-state index in [2.05, 4.69) is 45.8 Å². The molecule has 6 nitrogen and oxygen atoms in total. The smallest absolute Gasteiger partial charge is 0.113 e. The molecule has 1 aromatic heterocycles. The quantitative estimate of drug-likeness (QED) is 0.235. The summed E-state index contributed by atoms with van der Waals surface area (Å²) < 4.78 is 2.40. The fraction of sp³-hybridized carbons (Fsp3) is 0.419. The molecule has 0 amide bonds. The van der Waals surface area contributed by atoms with Crippen LogP contribution >= 0.6 is 11.6 Å². The molecule has 1 saturated heterocycles. The first-order valence-electron chi connectivity index (χ1n) is 13.5. The molecular weight excluding hydrogens is 492 g/mol. The first-order chi connectivity index (χ1) is 18.4. The third-order valence-corrected chi connectivity index (χ3v) is 6.79. The molecule has 1 aromatic carbocycles. The van der Waals surface area contributed by atoms with Crippen LogP contribution in [0.5, 0.6) is 0 Å². The Bertz CT molecular complexity index is 1150. The standard InChI is InChI=1S/C23H33ClN6.C8H12/c1-4-13-30-22(20(26-3)9-12-28-15-25)21(18-5-6-19(24)16(2)14-18)29-23(30)17-7-10-27-11-8-17;1-4-6-8(3)7-5-2/h5-6,9,12,14,17,26-27H,4,7-8,10-11,13,15,25H2,1-3H3;4-7H,1H2,2-3H3/b20-9-,28-12-;7-5-,8-6-. The van der Waals surface area contributed by atoms with Gasteiger partial charge in [-0.2, -0.15) is 0 Å². The van der Waals surface area contributed by atoms with E-state index in [-0.39, 0.29) is 6.67 Å². The lowest BCUT2D eigenvalue weighted by molar-refractivity contribution is 0.428. The van der Waals surface area contributed by atoms with Crippen molar-refractivity contribution in [3.05, 3.63) is 82.8 Å². The van der Waals surface area contributed by atoms with Gasteiger partial charge < -0.3 is 20.9 Å². The first kappa shape index (κ1) is 31.3. The zero-order valence-electron chi connectivity index (χ0n) is 23.7. The number of imidazole rings is 1. The van der Waals surface area contributed by atoms with Crippen molar-refractivity contribution in [2.45, 2.75) is 59.4 Å². The molecule has 2 heterocycles. The number of halogens is 1. The van der Waals surface area contributed by atoms with Crippen LogP contribution < -0.4 is 16.4 Å². The number of nitrogens with one attached hydrogen (secondary N) is 2. The van der Waals surface area contributed by atoms with Crippen LogP contribution in [0, 0.1) is 6.92 Å². The van der Waals surface area contributed by atoms with Gasteiger partial charge in [-0.05, 0) is 76.9 Å². The van der Waals surface area contributed by atoms with Crippen molar-refractivity contribution in [3.8, 4) is 11.3 Å². The number of nitrogens with two attached hydrogens (primary N) is 1. The van der Waals surface area contributed by atoms with Gasteiger partial charge in [-0.15, -0.1) is 0 Å². The largest absolute Gasteiger partial charge is 0.386 e. The lowest BCUT2D eigenvalue weighted by Gasteiger charge is -2.24. The normalized spacial score (nSPS) is 15.1. The van der Waals surface area contributed by atoms with Crippen LogP contribution in [-0.2, 0) is 6.54 Å². The van der Waals surface area contributed by atoms with Gasteiger partial charge in [0.05, 0.1) is 23.8 Å². The average molecular weight is 537 g/mol. The maximum atomic E-state index is 6.30. The summed E-state index contributed by atoms with van der Waals surface area (Å²) in [6.07, 6.45) is 14.8. The van der Waals surface area contributed by atoms with Gasteiger partial charge in [0, 0.05) is 36.3 Å². The van der Waals surface area contributed by atoms with Crippen molar-refractivity contribution in [2.24, 2.45) is 10.7 Å². The van der Waals surface area contributed by atoms with E-state index in [0.29, 0.717) is 5.92 Å². The number of hydrogen-bond donors (Lipinski definition) is 3. The number of rotatable bonds is 10. The van der Waals surface area contributed by atoms with Crippen molar-refractivity contribution < 1.29 is 0 Å². The Kier molecular flexibility index (Phi) is 13.8. The summed E-state index contributed by atoms with van der Waals surface area (Å²) in [5.74, 6) is 1.63. The molecule has 0 spiro atoms. The summed E-state index contributed by atoms with van der Waals surface area (Å²) in [7, 11) is 1.94. The van der Waals surface area contributed by atoms with Gasteiger partial charge in [0.2, 0.25) is 0 Å². The highest BCUT2D eigenvalue weighted by Crippen LogP contribution is 2.35. The molecule has 38 heavy (non-hydrogen) atoms. The Hall–Kier alpha value is -2.93. The molecular formula is C31H45ClN6. The Morgan fingerprint density at radius 2 is 2.05 bits per heavy atom. The Morgan fingerprint density at radius 3 is 2.63 bits per heavy atom. The summed E-state index contributed by atoms with van der Waals surface area (Å²) in [5.41, 5.74) is 12.0. The minimum Gasteiger partial charge on any atom is -0.386 e. The fourth-order valence-corrected chi connectivity index (χ4v) is 4.67. The van der Waals surface area contributed by atoms with E-state index in [1.54, 1.807) is 12.3 Å². The monoisotopic (exact) mass is 536 g/mol. The van der Waals surface area contributed by atoms with E-state index in [1.807, 2.05) is 58.2 Å². The van der Waals surface area contributed by atoms with Crippen molar-refractivity contribution in [3.63, 3.8) is 0 Å². The van der Waals surface area contributed by atoms with E-state index >= 15 is 0 Å². The molecule has 0 unspecified atom stereocenters. The van der Waals surface area contributed by atoms with Crippen LogP contribution in [0.3, 0.4) is 0 Å². The lowest BCUT2D eigenvalue weighted by atomic mass is 9.97. The van der Waals surface area contributed by atoms with Gasteiger partial charge in [-0.25, -0.2) is 4.98 Å². The summed E-state index contributed by atoms with van der Waals surface area (Å²) in [4.78, 5) is 9.40. The van der Waals surface area contributed by atoms with Gasteiger partial charge in [-0.1, -0.05) is 61.0 Å². The van der Waals surface area contributed by atoms with E-state index in [4.69, 9.17) is 22.3 Å². The number of nitrogens with zero attached hydrogens (tertiary/aromatic N) is 3. The maximum absolute atomic E-state index is 6.30. The van der Waals surface area contributed by atoms with Crippen LogP contribution in [0.1, 0.15) is 63.0 Å². The summed E-state index contributed by atoms with van der Waals surface area (Å²) in [5, 5.41) is 7.59. The van der Waals surface area contributed by atoms with Crippen LogP contribution in [-0.4, -0.2) is 42.6 Å². The van der Waals surface area contributed by atoms with E-state index < -0.39 is 0 Å². The highest BCUT2D eigenvalue weighted by atomic mass is 35.5. The molecule has 206 valence electrons. The van der Waals surface area contributed by atoms with Gasteiger partial charge in [0.25, 0.3) is 0 Å². The number of hydrogen-bond acceptors (Lipinski definition) is 5. The highest BCUT2D eigenvalue weighted by molar-refractivity contribution is 6.31. The molecule has 0 bridgehead atoms. The van der Waals surface area contributed by atoms with Crippen LogP contribution in [0.4, 0.5) is 0 Å². The van der Waals surface area contributed by atoms with Crippen molar-refractivity contribution >= 4 is 23.5 Å². The number of aryl methyl sites for hydroxylation is 1. The van der Waals surface area contributed by atoms with E-state index in [9.17, 15) is 0 Å². The minimum absolute atomic E-state index is 0.269. The second-order valence-electron chi connectivity index (χ2n) is 9.30. The van der Waals surface area contributed by atoms with Gasteiger partial charge in [-0.3, -0.25) is 4.99 Å². The predicted octanol–water partition coefficient (Wildman–Crippen LogP) is 6.63. The lowest BCUT2D eigenvalue weighted by Crippen LogP contribution is -2.28. The molecule has 0 atom stereocenters. The summed E-state index contributed by atoms with van der Waals surface area (Å²) in [6.45, 7) is 15.1. The second-order valence-corrected chi connectivity index (χ2v) is 9.71. The SMILES string of the molecule is C=C/C=C(C)\C=C/C.CCCn1c(C2CCNCC2)nc(-c2ccc(Cl)c(C)c2)c1/C(=C/C=N\CN)NC. The maximum Gasteiger partial charge on any atom is 0.113 e. The van der Waals surface area contributed by atoms with Gasteiger partial charge >= 0.3 is 0 Å². The molecule has 0 aliphatic carbocycles. The molecule has 0 radical (unpaired) electrons. The Labute approximate surface area is 234 Å². The van der Waals surface area contributed by atoms with Crippen molar-refractivity contribution in [2.75, 3.05) is 26.8 Å². The Morgan fingerprint density at radius 1 is 1.32 bits per heavy atom. The van der Waals surface area contributed by atoms with Gasteiger partial charge in [0.15, 0.2) is 0 Å². The molecule has 1 aliphatic heterocycles. The zero-order chi connectivity index (χ0) is 27.9. The molecule has 1 fully saturated rings. The highest BCUT2D eigenvalue weighted by Gasteiger charge is 2.27. The molecule has 7 heteroatoms. The number of aromatic nitrogens is 2. The zero-order valence-corrected chi connectivity index (χ0v) is 24.5.